The van der Waals surface area contributed by atoms with Crippen LogP contribution in [0, 0.1) is 10.1 Å². The molecule has 2 aromatic rings. The third-order valence-corrected chi connectivity index (χ3v) is 5.06. The second-order valence-corrected chi connectivity index (χ2v) is 6.88. The highest BCUT2D eigenvalue weighted by Crippen LogP contribution is 2.23. The van der Waals surface area contributed by atoms with Crippen molar-refractivity contribution in [2.75, 3.05) is 12.3 Å². The van der Waals surface area contributed by atoms with Gasteiger partial charge in [-0.2, -0.15) is 11.8 Å². The van der Waals surface area contributed by atoms with Gasteiger partial charge >= 0.3 is 0 Å². The van der Waals surface area contributed by atoms with Gasteiger partial charge in [0.05, 0.1) is 4.92 Å². The first-order valence-electron chi connectivity index (χ1n) is 6.40. The predicted molar refractivity (Wildman–Crippen MR) is 90.9 cm³/mol. The largest absolute Gasteiger partial charge is 0.351 e. The molecule has 0 saturated heterocycles. The minimum Gasteiger partial charge on any atom is -0.351 e. The Labute approximate surface area is 140 Å². The predicted octanol–water partition coefficient (Wildman–Crippen LogP) is 3.97. The van der Waals surface area contributed by atoms with E-state index in [2.05, 4.69) is 11.4 Å². The number of hydrogen-bond donors (Lipinski definition) is 1. The first kappa shape index (κ1) is 16.8. The summed E-state index contributed by atoms with van der Waals surface area (Å²) in [6.07, 6.45) is 0. The number of carbonyl (C=O) groups excluding carboxylic acids is 1. The first-order valence-corrected chi connectivity index (χ1v) is 8.81. The van der Waals surface area contributed by atoms with E-state index in [1.807, 2.05) is 11.4 Å². The maximum atomic E-state index is 12.0. The van der Waals surface area contributed by atoms with Gasteiger partial charge in [-0.25, -0.2) is 0 Å². The van der Waals surface area contributed by atoms with Gasteiger partial charge < -0.3 is 5.32 Å². The Bertz CT molecular complexity index is 662. The summed E-state index contributed by atoms with van der Waals surface area (Å²) in [5.41, 5.74) is -0.256. The van der Waals surface area contributed by atoms with Gasteiger partial charge in [-0.3, -0.25) is 14.9 Å². The van der Waals surface area contributed by atoms with Gasteiger partial charge in [0.25, 0.3) is 11.6 Å². The topological polar surface area (TPSA) is 72.2 Å². The fourth-order valence-corrected chi connectivity index (χ4v) is 3.61. The number of benzene rings is 1. The van der Waals surface area contributed by atoms with Crippen molar-refractivity contribution < 1.29 is 9.72 Å². The normalized spacial score (nSPS) is 10.4. The van der Waals surface area contributed by atoms with Crippen LogP contribution in [-0.4, -0.2) is 23.1 Å². The summed E-state index contributed by atoms with van der Waals surface area (Å²) < 4.78 is 0. The SMILES string of the molecule is O=C(NCCSCc1cccs1)c1ccc(Cl)cc1[N+](=O)[O-]. The van der Waals surface area contributed by atoms with E-state index in [9.17, 15) is 14.9 Å². The minimum absolute atomic E-state index is 0.0256. The third kappa shape index (κ3) is 4.72. The number of thiophene rings is 1. The highest BCUT2D eigenvalue weighted by molar-refractivity contribution is 7.98. The van der Waals surface area contributed by atoms with Gasteiger partial charge in [-0.05, 0) is 23.6 Å². The summed E-state index contributed by atoms with van der Waals surface area (Å²) in [7, 11) is 0. The number of nitro benzene ring substituents is 1. The zero-order chi connectivity index (χ0) is 15.9. The quantitative estimate of drug-likeness (QED) is 0.463. The van der Waals surface area contributed by atoms with Crippen LogP contribution in [0.2, 0.25) is 5.02 Å². The molecule has 1 N–H and O–H groups in total. The van der Waals surface area contributed by atoms with Crippen molar-refractivity contribution >= 4 is 46.3 Å². The summed E-state index contributed by atoms with van der Waals surface area (Å²) >= 11 is 9.12. The molecule has 0 aliphatic rings. The summed E-state index contributed by atoms with van der Waals surface area (Å²) in [4.78, 5) is 23.6. The van der Waals surface area contributed by atoms with Crippen LogP contribution in [0.1, 0.15) is 15.2 Å². The molecule has 0 aliphatic heterocycles. The highest BCUT2D eigenvalue weighted by atomic mass is 35.5. The van der Waals surface area contributed by atoms with Crippen LogP contribution in [0.3, 0.4) is 0 Å². The van der Waals surface area contributed by atoms with Crippen LogP contribution in [0.4, 0.5) is 5.69 Å². The molecule has 0 unspecified atom stereocenters. The zero-order valence-corrected chi connectivity index (χ0v) is 13.8. The molecule has 0 atom stereocenters. The van der Waals surface area contributed by atoms with E-state index in [0.29, 0.717) is 6.54 Å². The number of rotatable bonds is 7. The molecule has 116 valence electrons. The Morgan fingerprint density at radius 3 is 2.91 bits per heavy atom. The maximum absolute atomic E-state index is 12.0. The van der Waals surface area contributed by atoms with Crippen LogP contribution in [0.5, 0.6) is 0 Å². The van der Waals surface area contributed by atoms with E-state index in [0.717, 1.165) is 11.5 Å². The van der Waals surface area contributed by atoms with Gasteiger partial charge in [0.1, 0.15) is 5.56 Å². The summed E-state index contributed by atoms with van der Waals surface area (Å²) in [6, 6.07) is 8.08. The number of thioether (sulfide) groups is 1. The Kier molecular flexibility index (Phi) is 6.23. The molecular formula is C14H13ClN2O3S2. The molecule has 22 heavy (non-hydrogen) atoms. The van der Waals surface area contributed by atoms with Crippen LogP contribution in [-0.2, 0) is 5.75 Å². The fourth-order valence-electron chi connectivity index (χ4n) is 1.75. The first-order chi connectivity index (χ1) is 10.6. The lowest BCUT2D eigenvalue weighted by molar-refractivity contribution is -0.385. The van der Waals surface area contributed by atoms with E-state index in [1.165, 1.54) is 23.1 Å². The highest BCUT2D eigenvalue weighted by Gasteiger charge is 2.20. The maximum Gasteiger partial charge on any atom is 0.283 e. The molecule has 8 heteroatoms. The number of carbonyl (C=O) groups is 1. The summed E-state index contributed by atoms with van der Waals surface area (Å²) in [6.45, 7) is 0.453. The number of halogens is 1. The van der Waals surface area contributed by atoms with Gasteiger partial charge in [-0.1, -0.05) is 17.7 Å². The Morgan fingerprint density at radius 2 is 2.23 bits per heavy atom. The van der Waals surface area contributed by atoms with E-state index in [1.54, 1.807) is 23.1 Å². The molecule has 1 aromatic heterocycles. The van der Waals surface area contributed by atoms with Gasteiger partial charge in [0, 0.05) is 34.0 Å². The van der Waals surface area contributed by atoms with Crippen LogP contribution >= 0.6 is 34.7 Å². The molecule has 0 fully saturated rings. The molecule has 1 heterocycles. The third-order valence-electron chi connectivity index (χ3n) is 2.76. The molecule has 1 aromatic carbocycles. The van der Waals surface area contributed by atoms with Crippen molar-refractivity contribution in [2.45, 2.75) is 5.75 Å². The number of nitrogens with one attached hydrogen (secondary N) is 1. The van der Waals surface area contributed by atoms with Gasteiger partial charge in [-0.15, -0.1) is 11.3 Å². The van der Waals surface area contributed by atoms with Crippen LogP contribution < -0.4 is 5.32 Å². The average molecular weight is 357 g/mol. The number of amides is 1. The van der Waals surface area contributed by atoms with Gasteiger partial charge in [0.2, 0.25) is 0 Å². The van der Waals surface area contributed by atoms with E-state index in [-0.39, 0.29) is 16.3 Å². The Balaban J connectivity index is 1.83. The van der Waals surface area contributed by atoms with Crippen molar-refractivity contribution in [1.82, 2.24) is 5.32 Å². The lowest BCUT2D eigenvalue weighted by Gasteiger charge is -2.06. The second kappa shape index (κ2) is 8.17. The molecule has 0 bridgehead atoms. The van der Waals surface area contributed by atoms with Crippen LogP contribution in [0.15, 0.2) is 35.7 Å². The van der Waals surface area contributed by atoms with Gasteiger partial charge in [0.15, 0.2) is 0 Å². The van der Waals surface area contributed by atoms with Crippen molar-refractivity contribution in [3.05, 3.63) is 61.3 Å². The Hall–Kier alpha value is -1.57. The number of nitro groups is 1. The van der Waals surface area contributed by atoms with Crippen LogP contribution in [0.25, 0.3) is 0 Å². The standard InChI is InChI=1S/C14H13ClN2O3S2/c15-10-3-4-12(13(8-10)17(19)20)14(18)16-5-7-21-9-11-2-1-6-22-11/h1-4,6,8H,5,7,9H2,(H,16,18). The molecule has 0 radical (unpaired) electrons. The molecular weight excluding hydrogens is 344 g/mol. The summed E-state index contributed by atoms with van der Waals surface area (Å²) in [5.74, 6) is 1.18. The van der Waals surface area contributed by atoms with Crippen molar-refractivity contribution in [2.24, 2.45) is 0 Å². The fraction of sp³-hybridized carbons (Fsp3) is 0.214. The molecule has 2 rings (SSSR count). The molecule has 1 amide bonds. The van der Waals surface area contributed by atoms with Crippen molar-refractivity contribution in [3.8, 4) is 0 Å². The molecule has 0 saturated carbocycles. The molecule has 0 spiro atoms. The number of hydrogen-bond acceptors (Lipinski definition) is 5. The second-order valence-electron chi connectivity index (χ2n) is 4.31. The van der Waals surface area contributed by atoms with Crippen molar-refractivity contribution in [1.29, 1.82) is 0 Å². The monoisotopic (exact) mass is 356 g/mol. The lowest BCUT2D eigenvalue weighted by Crippen LogP contribution is -2.26. The lowest BCUT2D eigenvalue weighted by atomic mass is 10.1. The molecule has 0 aliphatic carbocycles. The van der Waals surface area contributed by atoms with E-state index in [4.69, 9.17) is 11.6 Å². The summed E-state index contributed by atoms with van der Waals surface area (Å²) in [5, 5.41) is 15.9. The van der Waals surface area contributed by atoms with E-state index < -0.39 is 10.8 Å². The molecule has 5 nitrogen and oxygen atoms in total. The number of nitrogens with zero attached hydrogens (tertiary/aromatic N) is 1. The minimum atomic E-state index is -0.605. The average Bonchev–Trinajstić information content (AvgIpc) is 2.99. The smallest absolute Gasteiger partial charge is 0.283 e. The van der Waals surface area contributed by atoms with E-state index >= 15 is 0 Å². The Morgan fingerprint density at radius 1 is 1.41 bits per heavy atom. The zero-order valence-electron chi connectivity index (χ0n) is 11.5. The van der Waals surface area contributed by atoms with Crippen molar-refractivity contribution in [3.63, 3.8) is 0 Å².